The molecule has 0 spiro atoms. The maximum atomic E-state index is 12.6. The number of likely N-dealkylation sites (tertiary alicyclic amines) is 2. The molecular formula is C14H21N3O3. The Labute approximate surface area is 118 Å². The fourth-order valence-electron chi connectivity index (χ4n) is 3.14. The minimum atomic E-state index is -0.0882. The third kappa shape index (κ3) is 2.71. The molecule has 0 radical (unpaired) electrons. The molecule has 1 aromatic rings. The number of ether oxygens (including phenoxy) is 1. The summed E-state index contributed by atoms with van der Waals surface area (Å²) < 4.78 is 10.3. The zero-order valence-electron chi connectivity index (χ0n) is 11.8. The number of nitrogens with zero attached hydrogens (tertiary/aromatic N) is 3. The van der Waals surface area contributed by atoms with Crippen LogP contribution in [0.2, 0.25) is 0 Å². The maximum absolute atomic E-state index is 12.6. The van der Waals surface area contributed by atoms with Gasteiger partial charge in [0.15, 0.2) is 0 Å². The van der Waals surface area contributed by atoms with Crippen LogP contribution in [0, 0.1) is 0 Å². The van der Waals surface area contributed by atoms with Gasteiger partial charge in [-0.1, -0.05) is 5.16 Å². The highest BCUT2D eigenvalue weighted by Crippen LogP contribution is 2.25. The van der Waals surface area contributed by atoms with Gasteiger partial charge in [0.25, 0.3) is 0 Å². The van der Waals surface area contributed by atoms with Crippen molar-refractivity contribution in [1.29, 1.82) is 0 Å². The van der Waals surface area contributed by atoms with Gasteiger partial charge in [0.2, 0.25) is 5.91 Å². The molecule has 2 fully saturated rings. The van der Waals surface area contributed by atoms with Crippen LogP contribution in [0.3, 0.4) is 0 Å². The lowest BCUT2D eigenvalue weighted by Crippen LogP contribution is -2.44. The number of carbonyl (C=O) groups is 1. The first-order valence-corrected chi connectivity index (χ1v) is 7.23. The molecule has 6 nitrogen and oxygen atoms in total. The number of methoxy groups -OCH3 is 1. The highest BCUT2D eigenvalue weighted by atomic mass is 16.5. The molecule has 2 aliphatic rings. The van der Waals surface area contributed by atoms with E-state index in [-0.39, 0.29) is 18.1 Å². The largest absolute Gasteiger partial charge is 0.380 e. The average molecular weight is 279 g/mol. The van der Waals surface area contributed by atoms with Gasteiger partial charge >= 0.3 is 0 Å². The summed E-state index contributed by atoms with van der Waals surface area (Å²) in [6.07, 6.45) is 4.70. The van der Waals surface area contributed by atoms with Crippen molar-refractivity contribution in [3.63, 3.8) is 0 Å². The molecule has 20 heavy (non-hydrogen) atoms. The van der Waals surface area contributed by atoms with Crippen LogP contribution < -0.4 is 0 Å². The minimum absolute atomic E-state index is 0.0882. The van der Waals surface area contributed by atoms with Gasteiger partial charge in [0.1, 0.15) is 6.26 Å². The van der Waals surface area contributed by atoms with Crippen LogP contribution in [0.5, 0.6) is 0 Å². The summed E-state index contributed by atoms with van der Waals surface area (Å²) in [5.41, 5.74) is 0.862. The third-order valence-electron chi connectivity index (χ3n) is 4.26. The Morgan fingerprint density at radius 2 is 2.30 bits per heavy atom. The number of hydrogen-bond donors (Lipinski definition) is 0. The lowest BCUT2D eigenvalue weighted by atomic mass is 10.1. The second-order valence-corrected chi connectivity index (χ2v) is 5.56. The van der Waals surface area contributed by atoms with Crippen LogP contribution in [0.25, 0.3) is 0 Å². The molecule has 0 N–H and O–H groups in total. The molecule has 0 aliphatic carbocycles. The molecule has 0 unspecified atom stereocenters. The SMILES string of the molecule is CO[C@H]1C[C@@H](C(=O)N2CCCC2)N(Cc2ccon2)C1. The van der Waals surface area contributed by atoms with E-state index in [4.69, 9.17) is 9.26 Å². The van der Waals surface area contributed by atoms with E-state index in [0.29, 0.717) is 6.54 Å². The monoisotopic (exact) mass is 279 g/mol. The van der Waals surface area contributed by atoms with E-state index in [9.17, 15) is 4.79 Å². The van der Waals surface area contributed by atoms with Crippen molar-refractivity contribution >= 4 is 5.91 Å². The van der Waals surface area contributed by atoms with Crippen molar-refractivity contribution in [3.05, 3.63) is 18.0 Å². The van der Waals surface area contributed by atoms with Gasteiger partial charge in [0, 0.05) is 39.4 Å². The van der Waals surface area contributed by atoms with Crippen molar-refractivity contribution in [2.75, 3.05) is 26.7 Å². The van der Waals surface area contributed by atoms with Gasteiger partial charge < -0.3 is 14.2 Å². The Bertz CT molecular complexity index is 443. The zero-order valence-corrected chi connectivity index (χ0v) is 11.8. The molecule has 0 bridgehead atoms. The summed E-state index contributed by atoms with van der Waals surface area (Å²) in [5.74, 6) is 0.241. The predicted molar refractivity (Wildman–Crippen MR) is 71.9 cm³/mol. The van der Waals surface area contributed by atoms with Gasteiger partial charge in [-0.3, -0.25) is 9.69 Å². The molecule has 110 valence electrons. The van der Waals surface area contributed by atoms with E-state index in [1.165, 1.54) is 0 Å². The van der Waals surface area contributed by atoms with Gasteiger partial charge in [-0.25, -0.2) is 0 Å². The van der Waals surface area contributed by atoms with Crippen LogP contribution in [-0.4, -0.2) is 59.8 Å². The number of aromatic nitrogens is 1. The summed E-state index contributed by atoms with van der Waals surface area (Å²) in [5, 5.41) is 3.94. The first-order chi connectivity index (χ1) is 9.78. The van der Waals surface area contributed by atoms with Crippen molar-refractivity contribution in [3.8, 4) is 0 Å². The first kappa shape index (κ1) is 13.6. The fourth-order valence-corrected chi connectivity index (χ4v) is 3.14. The quantitative estimate of drug-likeness (QED) is 0.819. The predicted octanol–water partition coefficient (Wildman–Crippen LogP) is 0.886. The van der Waals surface area contributed by atoms with Gasteiger partial charge in [-0.05, 0) is 19.3 Å². The normalized spacial score (nSPS) is 27.4. The smallest absolute Gasteiger partial charge is 0.240 e. The Morgan fingerprint density at radius 1 is 1.50 bits per heavy atom. The fraction of sp³-hybridized carbons (Fsp3) is 0.714. The molecule has 2 atom stereocenters. The van der Waals surface area contributed by atoms with Crippen molar-refractivity contribution in [1.82, 2.24) is 15.0 Å². The van der Waals surface area contributed by atoms with Crippen molar-refractivity contribution < 1.29 is 14.1 Å². The van der Waals surface area contributed by atoms with E-state index < -0.39 is 0 Å². The Morgan fingerprint density at radius 3 is 2.95 bits per heavy atom. The van der Waals surface area contributed by atoms with Gasteiger partial charge in [-0.2, -0.15) is 0 Å². The van der Waals surface area contributed by atoms with E-state index in [1.807, 2.05) is 11.0 Å². The molecular weight excluding hydrogens is 258 g/mol. The summed E-state index contributed by atoms with van der Waals surface area (Å²) >= 11 is 0. The number of rotatable bonds is 4. The van der Waals surface area contributed by atoms with E-state index in [2.05, 4.69) is 10.1 Å². The zero-order chi connectivity index (χ0) is 13.9. The Hall–Kier alpha value is -1.40. The van der Waals surface area contributed by atoms with E-state index in [1.54, 1.807) is 13.4 Å². The second kappa shape index (κ2) is 5.93. The molecule has 0 aromatic carbocycles. The number of carbonyl (C=O) groups excluding carboxylic acids is 1. The van der Waals surface area contributed by atoms with Crippen LogP contribution in [0.15, 0.2) is 16.9 Å². The summed E-state index contributed by atoms with van der Waals surface area (Å²) in [7, 11) is 1.71. The minimum Gasteiger partial charge on any atom is -0.380 e. The van der Waals surface area contributed by atoms with Crippen molar-refractivity contribution in [2.24, 2.45) is 0 Å². The van der Waals surface area contributed by atoms with Crippen LogP contribution >= 0.6 is 0 Å². The molecule has 3 heterocycles. The molecule has 1 amide bonds. The Kier molecular flexibility index (Phi) is 4.03. The maximum Gasteiger partial charge on any atom is 0.240 e. The molecule has 0 saturated carbocycles. The second-order valence-electron chi connectivity index (χ2n) is 5.56. The van der Waals surface area contributed by atoms with Crippen molar-refractivity contribution in [2.45, 2.75) is 38.0 Å². The van der Waals surface area contributed by atoms with Crippen LogP contribution in [0.4, 0.5) is 0 Å². The third-order valence-corrected chi connectivity index (χ3v) is 4.26. The van der Waals surface area contributed by atoms with Gasteiger partial charge in [0.05, 0.1) is 17.8 Å². The lowest BCUT2D eigenvalue weighted by Gasteiger charge is -2.26. The molecule has 1 aromatic heterocycles. The number of amides is 1. The highest BCUT2D eigenvalue weighted by Gasteiger charge is 2.39. The summed E-state index contributed by atoms with van der Waals surface area (Å²) in [6.45, 7) is 3.20. The highest BCUT2D eigenvalue weighted by molar-refractivity contribution is 5.82. The molecule has 3 rings (SSSR count). The molecule has 2 saturated heterocycles. The molecule has 6 heteroatoms. The first-order valence-electron chi connectivity index (χ1n) is 7.23. The summed E-state index contributed by atoms with van der Waals surface area (Å²) in [4.78, 5) is 16.8. The standard InChI is InChI=1S/C14H21N3O3/c1-19-12-8-13(14(18)16-5-2-3-6-16)17(10-12)9-11-4-7-20-15-11/h4,7,12-13H,2-3,5-6,8-10H2,1H3/t12-,13-/m0/s1. The van der Waals surface area contributed by atoms with Gasteiger partial charge in [-0.15, -0.1) is 0 Å². The molecule has 2 aliphatic heterocycles. The Balaban J connectivity index is 1.70. The lowest BCUT2D eigenvalue weighted by molar-refractivity contribution is -0.135. The number of hydrogen-bond acceptors (Lipinski definition) is 5. The topological polar surface area (TPSA) is 58.8 Å². The van der Waals surface area contributed by atoms with Crippen LogP contribution in [-0.2, 0) is 16.1 Å². The van der Waals surface area contributed by atoms with E-state index >= 15 is 0 Å². The average Bonchev–Trinajstić information content (AvgIpc) is 3.20. The summed E-state index contributed by atoms with van der Waals surface area (Å²) in [6, 6.07) is 1.76. The van der Waals surface area contributed by atoms with E-state index in [0.717, 1.165) is 44.6 Å². The van der Waals surface area contributed by atoms with Crippen LogP contribution in [0.1, 0.15) is 25.0 Å².